The van der Waals surface area contributed by atoms with Crippen LogP contribution in [0, 0.1) is 6.92 Å². The SMILES string of the molecule is Cc1cc2c(NCCCCN3CCOCC3)ncnc2s1. The summed E-state index contributed by atoms with van der Waals surface area (Å²) in [4.78, 5) is 13.5. The van der Waals surface area contributed by atoms with Crippen molar-refractivity contribution in [1.29, 1.82) is 0 Å². The third-order valence-corrected chi connectivity index (χ3v) is 4.71. The number of unbranched alkanes of at least 4 members (excludes halogenated alkanes) is 1. The van der Waals surface area contributed by atoms with Crippen LogP contribution >= 0.6 is 11.3 Å². The molecule has 1 N–H and O–H groups in total. The zero-order valence-electron chi connectivity index (χ0n) is 12.5. The molecule has 0 bridgehead atoms. The second-order valence-electron chi connectivity index (χ2n) is 5.39. The molecule has 0 saturated carbocycles. The molecule has 1 aliphatic heterocycles. The van der Waals surface area contributed by atoms with Gasteiger partial charge < -0.3 is 10.1 Å². The number of anilines is 1. The highest BCUT2D eigenvalue weighted by atomic mass is 32.1. The second kappa shape index (κ2) is 7.15. The molecule has 0 atom stereocenters. The van der Waals surface area contributed by atoms with E-state index in [2.05, 4.69) is 33.2 Å². The van der Waals surface area contributed by atoms with Crippen molar-refractivity contribution in [3.05, 3.63) is 17.3 Å². The van der Waals surface area contributed by atoms with Crippen LogP contribution in [0.3, 0.4) is 0 Å². The fraction of sp³-hybridized carbons (Fsp3) is 0.600. The van der Waals surface area contributed by atoms with Gasteiger partial charge in [0.25, 0.3) is 0 Å². The number of thiophene rings is 1. The van der Waals surface area contributed by atoms with Crippen molar-refractivity contribution < 1.29 is 4.74 Å². The van der Waals surface area contributed by atoms with Crippen molar-refractivity contribution in [2.75, 3.05) is 44.7 Å². The van der Waals surface area contributed by atoms with E-state index in [9.17, 15) is 0 Å². The number of morpholine rings is 1. The zero-order chi connectivity index (χ0) is 14.5. The molecule has 114 valence electrons. The van der Waals surface area contributed by atoms with Gasteiger partial charge in [0.05, 0.1) is 18.6 Å². The lowest BCUT2D eigenvalue weighted by atomic mass is 10.2. The third kappa shape index (κ3) is 3.90. The molecule has 0 aromatic carbocycles. The molecule has 0 unspecified atom stereocenters. The Balaban J connectivity index is 1.44. The molecule has 2 aromatic heterocycles. The van der Waals surface area contributed by atoms with Crippen LogP contribution in [0.25, 0.3) is 10.2 Å². The van der Waals surface area contributed by atoms with Gasteiger partial charge in [0.2, 0.25) is 0 Å². The van der Waals surface area contributed by atoms with Crippen LogP contribution in [0.15, 0.2) is 12.4 Å². The molecule has 6 heteroatoms. The molecule has 1 aliphatic rings. The maximum Gasteiger partial charge on any atom is 0.138 e. The Bertz CT molecular complexity index is 580. The maximum absolute atomic E-state index is 5.36. The lowest BCUT2D eigenvalue weighted by molar-refractivity contribution is 0.0373. The number of aryl methyl sites for hydroxylation is 1. The van der Waals surface area contributed by atoms with E-state index < -0.39 is 0 Å². The number of fused-ring (bicyclic) bond motifs is 1. The summed E-state index contributed by atoms with van der Waals surface area (Å²) in [6.07, 6.45) is 4.02. The second-order valence-corrected chi connectivity index (χ2v) is 6.62. The molecule has 0 spiro atoms. The highest BCUT2D eigenvalue weighted by molar-refractivity contribution is 7.18. The van der Waals surface area contributed by atoms with E-state index in [0.717, 1.165) is 55.3 Å². The van der Waals surface area contributed by atoms with Gasteiger partial charge in [-0.25, -0.2) is 9.97 Å². The third-order valence-electron chi connectivity index (χ3n) is 3.75. The molecule has 3 heterocycles. The Morgan fingerprint density at radius 2 is 2.14 bits per heavy atom. The predicted octanol–water partition coefficient (Wildman–Crippen LogP) is 2.52. The number of ether oxygens (including phenoxy) is 1. The van der Waals surface area contributed by atoms with Gasteiger partial charge in [0.15, 0.2) is 0 Å². The summed E-state index contributed by atoms with van der Waals surface area (Å²) < 4.78 is 5.36. The normalized spacial score (nSPS) is 16.4. The largest absolute Gasteiger partial charge is 0.379 e. The first-order valence-corrected chi connectivity index (χ1v) is 8.40. The van der Waals surface area contributed by atoms with Gasteiger partial charge in [-0.15, -0.1) is 11.3 Å². The van der Waals surface area contributed by atoms with E-state index in [0.29, 0.717) is 0 Å². The van der Waals surface area contributed by atoms with E-state index in [1.54, 1.807) is 17.7 Å². The number of hydrogen-bond donors (Lipinski definition) is 1. The zero-order valence-corrected chi connectivity index (χ0v) is 13.3. The molecular weight excluding hydrogens is 284 g/mol. The Morgan fingerprint density at radius 1 is 1.29 bits per heavy atom. The van der Waals surface area contributed by atoms with Gasteiger partial charge in [0, 0.05) is 24.5 Å². The van der Waals surface area contributed by atoms with Crippen LogP contribution in [-0.2, 0) is 4.74 Å². The van der Waals surface area contributed by atoms with Crippen LogP contribution in [-0.4, -0.2) is 54.3 Å². The van der Waals surface area contributed by atoms with Gasteiger partial charge in [0.1, 0.15) is 17.0 Å². The summed E-state index contributed by atoms with van der Waals surface area (Å²) in [6.45, 7) is 8.16. The van der Waals surface area contributed by atoms with Crippen molar-refractivity contribution in [3.63, 3.8) is 0 Å². The smallest absolute Gasteiger partial charge is 0.138 e. The topological polar surface area (TPSA) is 50.3 Å². The monoisotopic (exact) mass is 306 g/mol. The first-order chi connectivity index (χ1) is 10.3. The number of hydrogen-bond acceptors (Lipinski definition) is 6. The Kier molecular flexibility index (Phi) is 5.00. The lowest BCUT2D eigenvalue weighted by Gasteiger charge is -2.26. The Labute approximate surface area is 129 Å². The minimum absolute atomic E-state index is 0.884. The Morgan fingerprint density at radius 3 is 3.00 bits per heavy atom. The van der Waals surface area contributed by atoms with Gasteiger partial charge >= 0.3 is 0 Å². The van der Waals surface area contributed by atoms with Crippen LogP contribution in [0.5, 0.6) is 0 Å². The van der Waals surface area contributed by atoms with E-state index in [1.165, 1.54) is 17.8 Å². The highest BCUT2D eigenvalue weighted by Gasteiger charge is 2.09. The minimum Gasteiger partial charge on any atom is -0.379 e. The van der Waals surface area contributed by atoms with Crippen LogP contribution in [0.2, 0.25) is 0 Å². The summed E-state index contributed by atoms with van der Waals surface area (Å²) in [6, 6.07) is 2.16. The summed E-state index contributed by atoms with van der Waals surface area (Å²) in [5, 5.41) is 4.60. The van der Waals surface area contributed by atoms with Crippen molar-refractivity contribution in [1.82, 2.24) is 14.9 Å². The summed E-state index contributed by atoms with van der Waals surface area (Å²) in [5.41, 5.74) is 0. The maximum atomic E-state index is 5.36. The number of nitrogens with one attached hydrogen (secondary N) is 1. The van der Waals surface area contributed by atoms with Crippen LogP contribution in [0.4, 0.5) is 5.82 Å². The van der Waals surface area contributed by atoms with E-state index >= 15 is 0 Å². The van der Waals surface area contributed by atoms with Gasteiger partial charge in [-0.2, -0.15) is 0 Å². The highest BCUT2D eigenvalue weighted by Crippen LogP contribution is 2.27. The molecule has 1 fully saturated rings. The first-order valence-electron chi connectivity index (χ1n) is 7.58. The fourth-order valence-corrected chi connectivity index (χ4v) is 3.46. The first kappa shape index (κ1) is 14.7. The van der Waals surface area contributed by atoms with E-state index in [1.807, 2.05) is 0 Å². The van der Waals surface area contributed by atoms with Crippen molar-refractivity contribution in [3.8, 4) is 0 Å². The molecule has 1 saturated heterocycles. The van der Waals surface area contributed by atoms with Crippen LogP contribution < -0.4 is 5.32 Å². The molecule has 3 rings (SSSR count). The molecule has 5 nitrogen and oxygen atoms in total. The molecule has 0 aliphatic carbocycles. The molecular formula is C15H22N4OS. The minimum atomic E-state index is 0.884. The van der Waals surface area contributed by atoms with E-state index in [4.69, 9.17) is 4.74 Å². The number of aromatic nitrogens is 2. The van der Waals surface area contributed by atoms with E-state index in [-0.39, 0.29) is 0 Å². The van der Waals surface area contributed by atoms with Crippen molar-refractivity contribution >= 4 is 27.4 Å². The Hall–Kier alpha value is -1.24. The average molecular weight is 306 g/mol. The number of nitrogens with zero attached hydrogens (tertiary/aromatic N) is 3. The summed E-state index contributed by atoms with van der Waals surface area (Å²) in [7, 11) is 0. The summed E-state index contributed by atoms with van der Waals surface area (Å²) in [5.74, 6) is 0.968. The molecule has 0 amide bonds. The lowest BCUT2D eigenvalue weighted by Crippen LogP contribution is -2.36. The standard InChI is InChI=1S/C15H22N4OS/c1-12-10-13-14(17-11-18-15(13)21-12)16-4-2-3-5-19-6-8-20-9-7-19/h10-11H,2-9H2,1H3,(H,16,17,18). The quantitative estimate of drug-likeness (QED) is 0.831. The summed E-state index contributed by atoms with van der Waals surface area (Å²) >= 11 is 1.72. The molecule has 0 radical (unpaired) electrons. The fourth-order valence-electron chi connectivity index (χ4n) is 2.61. The van der Waals surface area contributed by atoms with Gasteiger partial charge in [-0.05, 0) is 32.4 Å². The number of rotatable bonds is 6. The predicted molar refractivity (Wildman–Crippen MR) is 87.1 cm³/mol. The van der Waals surface area contributed by atoms with Crippen LogP contribution in [0.1, 0.15) is 17.7 Å². The van der Waals surface area contributed by atoms with Crippen molar-refractivity contribution in [2.45, 2.75) is 19.8 Å². The van der Waals surface area contributed by atoms with Gasteiger partial charge in [-0.3, -0.25) is 4.90 Å². The molecule has 21 heavy (non-hydrogen) atoms. The molecule has 2 aromatic rings. The van der Waals surface area contributed by atoms with Gasteiger partial charge in [-0.1, -0.05) is 0 Å². The van der Waals surface area contributed by atoms with Crippen molar-refractivity contribution in [2.24, 2.45) is 0 Å². The average Bonchev–Trinajstić information content (AvgIpc) is 2.89.